The van der Waals surface area contributed by atoms with Crippen LogP contribution in [0.15, 0.2) is 5.10 Å². The molecule has 0 saturated carbocycles. The largest absolute Gasteiger partial charge is 0.395 e. The Balaban J connectivity index is 2.57. The fourth-order valence-electron chi connectivity index (χ4n) is 0.756. The number of nitrogens with two attached hydrogens (primary N) is 1. The van der Waals surface area contributed by atoms with Crippen molar-refractivity contribution in [3.05, 3.63) is 0 Å². The lowest BCUT2D eigenvalue weighted by Crippen LogP contribution is -2.33. The first kappa shape index (κ1) is 6.51. The van der Waals surface area contributed by atoms with E-state index in [9.17, 15) is 0 Å². The van der Waals surface area contributed by atoms with Crippen LogP contribution in [0.4, 0.5) is 0 Å². The second kappa shape index (κ2) is 1.97. The molecule has 1 rings (SSSR count). The standard InChI is InChI=1S/C5H11N3O/c1-5(4-9)2-7-8(6)3-5/h2,9H,3-4,6H2,1H3. The first-order valence-corrected chi connectivity index (χ1v) is 2.84. The Morgan fingerprint density at radius 1 is 2.00 bits per heavy atom. The zero-order valence-corrected chi connectivity index (χ0v) is 5.41. The second-order valence-electron chi connectivity index (χ2n) is 2.65. The van der Waals surface area contributed by atoms with Crippen LogP contribution >= 0.6 is 0 Å². The minimum Gasteiger partial charge on any atom is -0.395 e. The molecular weight excluding hydrogens is 118 g/mol. The van der Waals surface area contributed by atoms with Crippen LogP contribution in [0.25, 0.3) is 0 Å². The molecule has 0 fully saturated rings. The molecule has 0 aliphatic carbocycles. The third-order valence-electron chi connectivity index (χ3n) is 1.40. The summed E-state index contributed by atoms with van der Waals surface area (Å²) in [5, 5.41) is 13.9. The summed E-state index contributed by atoms with van der Waals surface area (Å²) in [4.78, 5) is 0. The molecule has 52 valence electrons. The van der Waals surface area contributed by atoms with Gasteiger partial charge < -0.3 is 5.11 Å². The number of hydrogen-bond acceptors (Lipinski definition) is 4. The van der Waals surface area contributed by atoms with E-state index in [1.54, 1.807) is 6.21 Å². The van der Waals surface area contributed by atoms with Gasteiger partial charge in [-0.2, -0.15) is 5.10 Å². The van der Waals surface area contributed by atoms with E-state index in [0.29, 0.717) is 6.54 Å². The summed E-state index contributed by atoms with van der Waals surface area (Å²) >= 11 is 0. The van der Waals surface area contributed by atoms with Crippen molar-refractivity contribution in [2.75, 3.05) is 13.2 Å². The van der Waals surface area contributed by atoms with Crippen LogP contribution in [0.2, 0.25) is 0 Å². The predicted molar refractivity (Wildman–Crippen MR) is 34.6 cm³/mol. The normalized spacial score (nSPS) is 33.9. The van der Waals surface area contributed by atoms with Gasteiger partial charge in [0, 0.05) is 11.6 Å². The van der Waals surface area contributed by atoms with Crippen LogP contribution in [0.5, 0.6) is 0 Å². The summed E-state index contributed by atoms with van der Waals surface area (Å²) in [5.41, 5.74) is -0.227. The minimum absolute atomic E-state index is 0.101. The van der Waals surface area contributed by atoms with Gasteiger partial charge in [-0.1, -0.05) is 6.92 Å². The number of hydrogen-bond donors (Lipinski definition) is 2. The van der Waals surface area contributed by atoms with Gasteiger partial charge in [-0.25, -0.2) is 11.0 Å². The maximum absolute atomic E-state index is 8.77. The molecule has 0 radical (unpaired) electrons. The zero-order valence-electron chi connectivity index (χ0n) is 5.41. The maximum atomic E-state index is 8.77. The fourth-order valence-corrected chi connectivity index (χ4v) is 0.756. The van der Waals surface area contributed by atoms with Gasteiger partial charge in [-0.05, 0) is 0 Å². The highest BCUT2D eigenvalue weighted by Crippen LogP contribution is 2.17. The highest BCUT2D eigenvalue weighted by atomic mass is 16.3. The lowest BCUT2D eigenvalue weighted by molar-refractivity contribution is 0.168. The Kier molecular flexibility index (Phi) is 1.42. The molecule has 1 aliphatic rings. The molecule has 1 unspecified atom stereocenters. The highest BCUT2D eigenvalue weighted by Gasteiger charge is 2.27. The van der Waals surface area contributed by atoms with E-state index in [-0.39, 0.29) is 12.0 Å². The highest BCUT2D eigenvalue weighted by molar-refractivity contribution is 5.67. The van der Waals surface area contributed by atoms with Crippen molar-refractivity contribution < 1.29 is 5.11 Å². The summed E-state index contributed by atoms with van der Waals surface area (Å²) in [6.45, 7) is 2.61. The molecule has 9 heavy (non-hydrogen) atoms. The van der Waals surface area contributed by atoms with Crippen LogP contribution in [0.1, 0.15) is 6.92 Å². The fraction of sp³-hybridized carbons (Fsp3) is 0.800. The number of nitrogens with zero attached hydrogens (tertiary/aromatic N) is 2. The van der Waals surface area contributed by atoms with Gasteiger partial charge in [0.05, 0.1) is 13.2 Å². The van der Waals surface area contributed by atoms with E-state index in [1.807, 2.05) is 6.92 Å². The third kappa shape index (κ3) is 1.20. The molecule has 0 amide bonds. The van der Waals surface area contributed by atoms with Crippen molar-refractivity contribution in [3.63, 3.8) is 0 Å². The summed E-state index contributed by atoms with van der Waals surface area (Å²) in [5.74, 6) is 5.31. The molecule has 0 aromatic heterocycles. The summed E-state index contributed by atoms with van der Waals surface area (Å²) < 4.78 is 0. The van der Waals surface area contributed by atoms with E-state index >= 15 is 0 Å². The van der Waals surface area contributed by atoms with Gasteiger partial charge in [0.25, 0.3) is 0 Å². The van der Waals surface area contributed by atoms with Crippen molar-refractivity contribution >= 4 is 6.21 Å². The monoisotopic (exact) mass is 129 g/mol. The molecule has 0 aromatic rings. The van der Waals surface area contributed by atoms with Gasteiger partial charge in [0.15, 0.2) is 0 Å². The Bertz CT molecular complexity index is 136. The van der Waals surface area contributed by atoms with Crippen molar-refractivity contribution in [2.24, 2.45) is 16.4 Å². The number of aliphatic hydroxyl groups excluding tert-OH is 1. The predicted octanol–water partition coefficient (Wildman–Crippen LogP) is -0.840. The first-order valence-electron chi connectivity index (χ1n) is 2.84. The molecule has 1 atom stereocenters. The smallest absolute Gasteiger partial charge is 0.0656 e. The van der Waals surface area contributed by atoms with Crippen molar-refractivity contribution in [2.45, 2.75) is 6.92 Å². The quantitative estimate of drug-likeness (QED) is 0.454. The van der Waals surface area contributed by atoms with E-state index in [4.69, 9.17) is 10.9 Å². The van der Waals surface area contributed by atoms with Crippen LogP contribution in [0, 0.1) is 5.41 Å². The van der Waals surface area contributed by atoms with Gasteiger partial charge in [0.2, 0.25) is 0 Å². The van der Waals surface area contributed by atoms with Gasteiger partial charge in [-0.3, -0.25) is 0 Å². The summed E-state index contributed by atoms with van der Waals surface area (Å²) in [7, 11) is 0. The molecular formula is C5H11N3O. The van der Waals surface area contributed by atoms with Gasteiger partial charge >= 0.3 is 0 Å². The SMILES string of the molecule is CC1(CO)C=NN(N)C1. The topological polar surface area (TPSA) is 61.9 Å². The van der Waals surface area contributed by atoms with Crippen LogP contribution < -0.4 is 5.84 Å². The van der Waals surface area contributed by atoms with E-state index in [0.717, 1.165) is 0 Å². The summed E-state index contributed by atoms with van der Waals surface area (Å²) in [6.07, 6.45) is 1.67. The van der Waals surface area contributed by atoms with Crippen LogP contribution in [-0.2, 0) is 0 Å². The van der Waals surface area contributed by atoms with Crippen LogP contribution in [-0.4, -0.2) is 29.6 Å². The first-order chi connectivity index (χ1) is 4.16. The minimum atomic E-state index is -0.227. The number of hydrazone groups is 1. The second-order valence-corrected chi connectivity index (χ2v) is 2.65. The van der Waals surface area contributed by atoms with Crippen LogP contribution in [0.3, 0.4) is 0 Å². The Hall–Kier alpha value is -0.610. The van der Waals surface area contributed by atoms with E-state index in [2.05, 4.69) is 5.10 Å². The Morgan fingerprint density at radius 2 is 2.67 bits per heavy atom. The molecule has 4 heteroatoms. The molecule has 3 N–H and O–H groups in total. The van der Waals surface area contributed by atoms with Gasteiger partial charge in [-0.15, -0.1) is 0 Å². The molecule has 0 aromatic carbocycles. The average Bonchev–Trinajstić information content (AvgIpc) is 2.13. The Morgan fingerprint density at radius 3 is 2.89 bits per heavy atom. The van der Waals surface area contributed by atoms with Gasteiger partial charge in [0.1, 0.15) is 0 Å². The van der Waals surface area contributed by atoms with E-state index in [1.165, 1.54) is 5.12 Å². The number of hydrazine groups is 1. The average molecular weight is 129 g/mol. The lowest BCUT2D eigenvalue weighted by Gasteiger charge is -2.16. The summed E-state index contributed by atoms with van der Waals surface area (Å²) in [6, 6.07) is 0. The van der Waals surface area contributed by atoms with E-state index < -0.39 is 0 Å². The molecule has 0 spiro atoms. The molecule has 1 heterocycles. The van der Waals surface area contributed by atoms with Crippen molar-refractivity contribution in [3.8, 4) is 0 Å². The molecule has 0 saturated heterocycles. The number of rotatable bonds is 1. The maximum Gasteiger partial charge on any atom is 0.0656 e. The Labute approximate surface area is 53.9 Å². The lowest BCUT2D eigenvalue weighted by atomic mass is 9.95. The van der Waals surface area contributed by atoms with Crippen molar-refractivity contribution in [1.82, 2.24) is 5.12 Å². The van der Waals surface area contributed by atoms with Crippen molar-refractivity contribution in [1.29, 1.82) is 0 Å². The number of aliphatic hydroxyl groups is 1. The third-order valence-corrected chi connectivity index (χ3v) is 1.40. The molecule has 4 nitrogen and oxygen atoms in total. The molecule has 0 bridgehead atoms. The zero-order chi connectivity index (χ0) is 6.91. The molecule has 1 aliphatic heterocycles.